The number of rotatable bonds is 5. The van der Waals surface area contributed by atoms with Gasteiger partial charge in [-0.3, -0.25) is 4.79 Å². The van der Waals surface area contributed by atoms with E-state index < -0.39 is 5.97 Å². The number of aryl methyl sites for hydroxylation is 2. The van der Waals surface area contributed by atoms with Gasteiger partial charge in [0.25, 0.3) is 0 Å². The second-order valence-electron chi connectivity index (χ2n) is 3.88. The lowest BCUT2D eigenvalue weighted by Crippen LogP contribution is -2.24. The first-order chi connectivity index (χ1) is 7.08. The quantitative estimate of drug-likeness (QED) is 0.772. The zero-order valence-corrected chi connectivity index (χ0v) is 8.94. The van der Waals surface area contributed by atoms with Crippen LogP contribution in [0.15, 0.2) is 24.3 Å². The topological polar surface area (TPSA) is 63.3 Å². The lowest BCUT2D eigenvalue weighted by Gasteiger charge is -2.08. The lowest BCUT2D eigenvalue weighted by molar-refractivity contribution is -0.137. The molecule has 0 aliphatic heterocycles. The lowest BCUT2D eigenvalue weighted by atomic mass is 10.0. The van der Waals surface area contributed by atoms with Gasteiger partial charge in [-0.1, -0.05) is 29.8 Å². The summed E-state index contributed by atoms with van der Waals surface area (Å²) in [6, 6.07) is 7.98. The Balaban J connectivity index is 2.36. The maximum absolute atomic E-state index is 10.4. The minimum absolute atomic E-state index is 0.0475. The fourth-order valence-corrected chi connectivity index (χ4v) is 1.43. The van der Waals surface area contributed by atoms with Crippen LogP contribution >= 0.6 is 0 Å². The fourth-order valence-electron chi connectivity index (χ4n) is 1.43. The van der Waals surface area contributed by atoms with Gasteiger partial charge in [0.2, 0.25) is 0 Å². The number of carboxylic acids is 1. The Morgan fingerprint density at radius 2 is 2.00 bits per heavy atom. The average Bonchev–Trinajstić information content (AvgIpc) is 2.16. The van der Waals surface area contributed by atoms with Crippen LogP contribution in [0.5, 0.6) is 0 Å². The minimum Gasteiger partial charge on any atom is -0.481 e. The molecule has 0 bridgehead atoms. The van der Waals surface area contributed by atoms with Gasteiger partial charge in [-0.25, -0.2) is 0 Å². The van der Waals surface area contributed by atoms with Crippen LogP contribution in [0.3, 0.4) is 0 Å². The van der Waals surface area contributed by atoms with E-state index in [-0.39, 0.29) is 12.5 Å². The minimum atomic E-state index is -0.827. The van der Waals surface area contributed by atoms with Crippen molar-refractivity contribution in [1.29, 1.82) is 0 Å². The van der Waals surface area contributed by atoms with E-state index in [1.165, 1.54) is 11.1 Å². The first-order valence-electron chi connectivity index (χ1n) is 5.11. The molecule has 3 heteroatoms. The molecule has 0 saturated heterocycles. The number of hydrogen-bond acceptors (Lipinski definition) is 2. The second-order valence-corrected chi connectivity index (χ2v) is 3.88. The molecule has 0 aromatic heterocycles. The zero-order chi connectivity index (χ0) is 11.3. The average molecular weight is 207 g/mol. The predicted molar refractivity (Wildman–Crippen MR) is 59.7 cm³/mol. The smallest absolute Gasteiger partial charge is 0.304 e. The van der Waals surface area contributed by atoms with Crippen molar-refractivity contribution in [2.24, 2.45) is 5.73 Å². The third kappa shape index (κ3) is 4.61. The van der Waals surface area contributed by atoms with Gasteiger partial charge in [0.15, 0.2) is 0 Å². The molecular formula is C12H17NO2. The Morgan fingerprint density at radius 3 is 2.53 bits per heavy atom. The maximum Gasteiger partial charge on any atom is 0.304 e. The van der Waals surface area contributed by atoms with Crippen molar-refractivity contribution >= 4 is 5.97 Å². The number of aliphatic carboxylic acids is 1. The summed E-state index contributed by atoms with van der Waals surface area (Å²) in [6.45, 7) is 2.04. The Bertz CT molecular complexity index is 319. The molecule has 1 rings (SSSR count). The molecule has 1 aromatic rings. The fraction of sp³-hybridized carbons (Fsp3) is 0.417. The van der Waals surface area contributed by atoms with Gasteiger partial charge in [-0.05, 0) is 25.3 Å². The molecule has 15 heavy (non-hydrogen) atoms. The van der Waals surface area contributed by atoms with E-state index in [4.69, 9.17) is 10.8 Å². The molecule has 0 radical (unpaired) electrons. The highest BCUT2D eigenvalue weighted by molar-refractivity contribution is 5.67. The number of hydrogen-bond donors (Lipinski definition) is 2. The largest absolute Gasteiger partial charge is 0.481 e. The highest BCUT2D eigenvalue weighted by atomic mass is 16.4. The van der Waals surface area contributed by atoms with E-state index in [1.54, 1.807) is 0 Å². The predicted octanol–water partition coefficient (Wildman–Crippen LogP) is 1.73. The standard InChI is InChI=1S/C12H17NO2/c1-9-2-4-10(5-3-9)6-7-11(13)8-12(14)15/h2-5,11H,6-8,13H2,1H3,(H,14,15)/t11-/m0/s1. The Labute approximate surface area is 89.9 Å². The second kappa shape index (κ2) is 5.51. The number of benzene rings is 1. The summed E-state index contributed by atoms with van der Waals surface area (Å²) < 4.78 is 0. The maximum atomic E-state index is 10.4. The van der Waals surface area contributed by atoms with Crippen LogP contribution in [0.4, 0.5) is 0 Å². The van der Waals surface area contributed by atoms with Crippen LogP contribution in [0, 0.1) is 6.92 Å². The van der Waals surface area contributed by atoms with Gasteiger partial charge < -0.3 is 10.8 Å². The molecule has 0 fully saturated rings. The summed E-state index contributed by atoms with van der Waals surface area (Å²) >= 11 is 0. The summed E-state index contributed by atoms with van der Waals surface area (Å²) in [6.07, 6.45) is 1.61. The normalized spacial score (nSPS) is 12.4. The number of carbonyl (C=O) groups is 1. The van der Waals surface area contributed by atoms with Gasteiger partial charge in [-0.15, -0.1) is 0 Å². The van der Waals surface area contributed by atoms with E-state index >= 15 is 0 Å². The first-order valence-corrected chi connectivity index (χ1v) is 5.11. The van der Waals surface area contributed by atoms with Crippen LogP contribution in [-0.2, 0) is 11.2 Å². The van der Waals surface area contributed by atoms with Crippen molar-refractivity contribution in [3.05, 3.63) is 35.4 Å². The van der Waals surface area contributed by atoms with Gasteiger partial charge in [0.1, 0.15) is 0 Å². The van der Waals surface area contributed by atoms with Crippen LogP contribution in [-0.4, -0.2) is 17.1 Å². The van der Waals surface area contributed by atoms with E-state index in [9.17, 15) is 4.79 Å². The molecule has 0 aliphatic rings. The summed E-state index contributed by atoms with van der Waals surface area (Å²) in [5.74, 6) is -0.827. The molecule has 0 amide bonds. The van der Waals surface area contributed by atoms with Crippen LogP contribution < -0.4 is 5.73 Å². The van der Waals surface area contributed by atoms with E-state index in [0.717, 1.165) is 12.8 Å². The highest BCUT2D eigenvalue weighted by Gasteiger charge is 2.07. The molecule has 3 nitrogen and oxygen atoms in total. The third-order valence-corrected chi connectivity index (χ3v) is 2.36. The van der Waals surface area contributed by atoms with Gasteiger partial charge in [-0.2, -0.15) is 0 Å². The molecule has 1 atom stereocenters. The first kappa shape index (κ1) is 11.7. The molecular weight excluding hydrogens is 190 g/mol. The van der Waals surface area contributed by atoms with Gasteiger partial charge >= 0.3 is 5.97 Å². The molecule has 0 heterocycles. The van der Waals surface area contributed by atoms with Crippen LogP contribution in [0.25, 0.3) is 0 Å². The van der Waals surface area contributed by atoms with Crippen molar-refractivity contribution in [3.8, 4) is 0 Å². The highest BCUT2D eigenvalue weighted by Crippen LogP contribution is 2.07. The van der Waals surface area contributed by atoms with Crippen molar-refractivity contribution in [2.75, 3.05) is 0 Å². The Morgan fingerprint density at radius 1 is 1.40 bits per heavy atom. The molecule has 0 unspecified atom stereocenters. The molecule has 3 N–H and O–H groups in total. The van der Waals surface area contributed by atoms with Crippen molar-refractivity contribution in [1.82, 2.24) is 0 Å². The molecule has 0 saturated carbocycles. The number of carboxylic acid groups (broad SMARTS) is 1. The van der Waals surface area contributed by atoms with Crippen molar-refractivity contribution in [3.63, 3.8) is 0 Å². The molecule has 1 aromatic carbocycles. The van der Waals surface area contributed by atoms with Crippen molar-refractivity contribution < 1.29 is 9.90 Å². The SMILES string of the molecule is Cc1ccc(CC[C@H](N)CC(=O)O)cc1. The van der Waals surface area contributed by atoms with Gasteiger partial charge in [0, 0.05) is 6.04 Å². The summed E-state index contributed by atoms with van der Waals surface area (Å²) in [4.78, 5) is 10.4. The zero-order valence-electron chi connectivity index (χ0n) is 8.94. The third-order valence-electron chi connectivity index (χ3n) is 2.36. The monoisotopic (exact) mass is 207 g/mol. The Hall–Kier alpha value is -1.35. The summed E-state index contributed by atoms with van der Waals surface area (Å²) in [5, 5.41) is 8.54. The van der Waals surface area contributed by atoms with Gasteiger partial charge in [0.05, 0.1) is 6.42 Å². The molecule has 0 aliphatic carbocycles. The summed E-state index contributed by atoms with van der Waals surface area (Å²) in [7, 11) is 0. The van der Waals surface area contributed by atoms with E-state index in [0.29, 0.717) is 0 Å². The van der Waals surface area contributed by atoms with Crippen LogP contribution in [0.2, 0.25) is 0 Å². The van der Waals surface area contributed by atoms with Crippen LogP contribution in [0.1, 0.15) is 24.0 Å². The molecule has 82 valence electrons. The van der Waals surface area contributed by atoms with E-state index in [1.807, 2.05) is 6.92 Å². The summed E-state index contributed by atoms with van der Waals surface area (Å²) in [5.41, 5.74) is 8.11. The molecule has 0 spiro atoms. The Kier molecular flexibility index (Phi) is 4.31. The number of nitrogens with two attached hydrogens (primary N) is 1. The van der Waals surface area contributed by atoms with E-state index in [2.05, 4.69) is 24.3 Å². The van der Waals surface area contributed by atoms with Crippen molar-refractivity contribution in [2.45, 2.75) is 32.2 Å².